The van der Waals surface area contributed by atoms with Gasteiger partial charge in [-0.2, -0.15) is 0 Å². The smallest absolute Gasteiger partial charge is 0.162 e. The molecule has 0 aliphatic heterocycles. The van der Waals surface area contributed by atoms with E-state index in [4.69, 9.17) is 11.5 Å². The maximum Gasteiger partial charge on any atom is 0.162 e. The molecule has 7 heteroatoms. The van der Waals surface area contributed by atoms with Crippen LogP contribution in [0.1, 0.15) is 102 Å². The number of carbonyl (C=O) groups is 1. The van der Waals surface area contributed by atoms with Gasteiger partial charge in [-0.15, -0.1) is 0 Å². The fraction of sp³-hybridized carbons (Fsp3) is 0.575. The quantitative estimate of drug-likeness (QED) is 0.0639. The number of nitrogens with two attached hydrogens (primary N) is 2. The summed E-state index contributed by atoms with van der Waals surface area (Å²) in [4.78, 5) is 13.8. The van der Waals surface area contributed by atoms with Gasteiger partial charge >= 0.3 is 0 Å². The molecule has 3 aliphatic carbocycles. The van der Waals surface area contributed by atoms with Crippen molar-refractivity contribution in [3.8, 4) is 0 Å². The summed E-state index contributed by atoms with van der Waals surface area (Å²) in [6.07, 6.45) is 13.5. The highest BCUT2D eigenvalue weighted by atomic mass is 16.3. The number of hydrogen-bond donors (Lipinski definition) is 6. The monoisotopic (exact) mass is 646 g/mol. The minimum absolute atomic E-state index is 0.00122. The number of benzene rings is 1. The van der Waals surface area contributed by atoms with Crippen LogP contribution in [0, 0.1) is 23.2 Å². The van der Waals surface area contributed by atoms with E-state index in [2.05, 4.69) is 26.5 Å². The number of allylic oxidation sites excluding steroid dienone is 8. The van der Waals surface area contributed by atoms with E-state index >= 15 is 0 Å². The van der Waals surface area contributed by atoms with E-state index in [0.717, 1.165) is 53.5 Å². The molecule has 6 atom stereocenters. The van der Waals surface area contributed by atoms with Crippen molar-refractivity contribution in [1.82, 2.24) is 0 Å². The van der Waals surface area contributed by atoms with Crippen LogP contribution in [-0.2, 0) is 11.2 Å². The highest BCUT2D eigenvalue weighted by Crippen LogP contribution is 2.67. The molecule has 3 fully saturated rings. The van der Waals surface area contributed by atoms with Crippen molar-refractivity contribution < 1.29 is 25.2 Å². The zero-order chi connectivity index (χ0) is 34.4. The van der Waals surface area contributed by atoms with Crippen molar-refractivity contribution in [3.63, 3.8) is 0 Å². The predicted molar refractivity (Wildman–Crippen MR) is 189 cm³/mol. The van der Waals surface area contributed by atoms with Crippen molar-refractivity contribution in [2.75, 3.05) is 13.2 Å². The first kappa shape index (κ1) is 37.2. The maximum atomic E-state index is 13.8. The Hall–Kier alpha value is -2.65. The van der Waals surface area contributed by atoms with E-state index in [0.29, 0.717) is 44.1 Å². The van der Waals surface area contributed by atoms with Gasteiger partial charge in [-0.3, -0.25) is 4.79 Å². The standard InChI is InChI=1S/C40H58N2O5/c1-26(2)10-5-11-27(3)12-6-15-32(25-44)36-31-16-8-19-39(47)20-18-33(34(17-9-21-43)40(39,24-31)37(36)46)28(4)35(45)23-29-13-7-14-30(22-29)38(41)42/h6-7,10,12-15,22,31,34,36-38,43-44,46-47H,3,5,8-9,11,16-21,23-25,41-42H2,1-2,4H3. The number of rotatable bonds is 14. The van der Waals surface area contributed by atoms with Crippen molar-refractivity contribution in [2.24, 2.45) is 34.6 Å². The Morgan fingerprint density at radius 2 is 1.94 bits per heavy atom. The minimum Gasteiger partial charge on any atom is -0.396 e. The van der Waals surface area contributed by atoms with Gasteiger partial charge in [0.15, 0.2) is 5.78 Å². The van der Waals surface area contributed by atoms with Gasteiger partial charge in [0.2, 0.25) is 0 Å². The molecule has 2 bridgehead atoms. The van der Waals surface area contributed by atoms with Gasteiger partial charge in [0.25, 0.3) is 0 Å². The van der Waals surface area contributed by atoms with E-state index in [1.807, 2.05) is 49.4 Å². The van der Waals surface area contributed by atoms with E-state index in [1.165, 1.54) is 5.57 Å². The highest BCUT2D eigenvalue weighted by molar-refractivity contribution is 5.97. The Balaban J connectivity index is 1.70. The second kappa shape index (κ2) is 16.2. The molecule has 0 saturated heterocycles. The molecule has 8 N–H and O–H groups in total. The Morgan fingerprint density at radius 3 is 2.62 bits per heavy atom. The molecule has 3 saturated carbocycles. The molecular weight excluding hydrogens is 588 g/mol. The zero-order valence-corrected chi connectivity index (χ0v) is 28.8. The lowest BCUT2D eigenvalue weighted by molar-refractivity contribution is -0.181. The SMILES string of the molecule is C=C(C=CC=C(CO)C1C2CCCC3(O)CCC(=C(C)C(=O)Cc4cccc(C(N)N)c4)C(CCCO)C3(C2)C1O)CCC=C(C)C. The highest BCUT2D eigenvalue weighted by Gasteiger charge is 2.68. The van der Waals surface area contributed by atoms with Gasteiger partial charge in [0.05, 0.1) is 24.5 Å². The number of ketones is 1. The molecule has 1 spiro atoms. The Morgan fingerprint density at radius 1 is 1.17 bits per heavy atom. The van der Waals surface area contributed by atoms with Crippen LogP contribution in [0.15, 0.2) is 83.0 Å². The summed E-state index contributed by atoms with van der Waals surface area (Å²) in [5.41, 5.74) is 16.1. The van der Waals surface area contributed by atoms with Crippen LogP contribution in [0.4, 0.5) is 0 Å². The van der Waals surface area contributed by atoms with Gasteiger partial charge in [-0.1, -0.05) is 78.3 Å². The molecule has 0 radical (unpaired) electrons. The first-order chi connectivity index (χ1) is 22.4. The molecule has 6 unspecified atom stereocenters. The lowest BCUT2D eigenvalue weighted by Crippen LogP contribution is -2.61. The first-order valence-corrected chi connectivity index (χ1v) is 17.5. The number of hydrogen-bond acceptors (Lipinski definition) is 7. The summed E-state index contributed by atoms with van der Waals surface area (Å²) in [5.74, 6) is -0.502. The summed E-state index contributed by atoms with van der Waals surface area (Å²) in [6.45, 7) is 10.0. The van der Waals surface area contributed by atoms with E-state index in [-0.39, 0.29) is 43.2 Å². The predicted octanol–water partition coefficient (Wildman–Crippen LogP) is 5.89. The molecule has 4 rings (SSSR count). The van der Waals surface area contributed by atoms with Crippen LogP contribution in [0.3, 0.4) is 0 Å². The summed E-state index contributed by atoms with van der Waals surface area (Å²) < 4.78 is 0. The number of aliphatic hydroxyl groups is 4. The van der Waals surface area contributed by atoms with Crippen LogP contribution in [0.2, 0.25) is 0 Å². The molecule has 0 heterocycles. The molecule has 0 aromatic heterocycles. The summed E-state index contributed by atoms with van der Waals surface area (Å²) in [7, 11) is 0. The fourth-order valence-corrected chi connectivity index (χ4v) is 9.05. The maximum absolute atomic E-state index is 13.8. The second-order valence-electron chi connectivity index (χ2n) is 14.6. The number of fused-ring (bicyclic) bond motifs is 1. The topological polar surface area (TPSA) is 150 Å². The molecular formula is C40H58N2O5. The Labute approximate surface area is 281 Å². The van der Waals surface area contributed by atoms with Gasteiger partial charge in [-0.05, 0) is 113 Å². The van der Waals surface area contributed by atoms with Gasteiger partial charge in [0, 0.05) is 24.4 Å². The van der Waals surface area contributed by atoms with Crippen LogP contribution >= 0.6 is 0 Å². The molecule has 47 heavy (non-hydrogen) atoms. The normalized spacial score (nSPS) is 30.3. The van der Waals surface area contributed by atoms with E-state index < -0.39 is 23.3 Å². The molecule has 3 aliphatic rings. The van der Waals surface area contributed by atoms with E-state index in [9.17, 15) is 25.2 Å². The molecule has 1 aromatic rings. The number of carbonyl (C=O) groups excluding carboxylic acids is 1. The van der Waals surface area contributed by atoms with Crippen LogP contribution < -0.4 is 11.5 Å². The third-order valence-corrected chi connectivity index (χ3v) is 11.4. The summed E-state index contributed by atoms with van der Waals surface area (Å²) in [5, 5.41) is 45.6. The average molecular weight is 647 g/mol. The fourth-order valence-electron chi connectivity index (χ4n) is 9.05. The Bertz CT molecular complexity index is 1400. The minimum atomic E-state index is -1.11. The zero-order valence-electron chi connectivity index (χ0n) is 28.8. The Kier molecular flexibility index (Phi) is 12.8. The second-order valence-corrected chi connectivity index (χ2v) is 14.6. The average Bonchev–Trinajstić information content (AvgIpc) is 3.21. The van der Waals surface area contributed by atoms with Gasteiger partial charge < -0.3 is 31.9 Å². The van der Waals surface area contributed by atoms with Crippen LogP contribution in [0.5, 0.6) is 0 Å². The molecule has 0 amide bonds. The molecule has 1 aromatic carbocycles. The van der Waals surface area contributed by atoms with Crippen molar-refractivity contribution >= 4 is 5.78 Å². The van der Waals surface area contributed by atoms with Gasteiger partial charge in [-0.25, -0.2) is 0 Å². The van der Waals surface area contributed by atoms with Crippen LogP contribution in [0.25, 0.3) is 0 Å². The largest absolute Gasteiger partial charge is 0.396 e. The van der Waals surface area contributed by atoms with E-state index in [1.54, 1.807) is 0 Å². The third-order valence-electron chi connectivity index (χ3n) is 11.4. The lowest BCUT2D eigenvalue weighted by Gasteiger charge is -2.57. The summed E-state index contributed by atoms with van der Waals surface area (Å²) in [6, 6.07) is 7.49. The number of aliphatic hydroxyl groups excluding tert-OH is 3. The lowest BCUT2D eigenvalue weighted by atomic mass is 9.51. The third kappa shape index (κ3) is 7.98. The van der Waals surface area contributed by atoms with Crippen molar-refractivity contribution in [1.29, 1.82) is 0 Å². The summed E-state index contributed by atoms with van der Waals surface area (Å²) >= 11 is 0. The first-order valence-electron chi connectivity index (χ1n) is 17.5. The van der Waals surface area contributed by atoms with Crippen molar-refractivity contribution in [2.45, 2.75) is 109 Å². The van der Waals surface area contributed by atoms with Crippen LogP contribution in [-0.4, -0.2) is 51.1 Å². The van der Waals surface area contributed by atoms with Crippen molar-refractivity contribution in [3.05, 3.63) is 94.1 Å². The van der Waals surface area contributed by atoms with Gasteiger partial charge in [0.1, 0.15) is 0 Å². The molecule has 7 nitrogen and oxygen atoms in total. The molecule has 258 valence electrons. The number of Topliss-reactive ketones (excluding diaryl/α,β-unsaturated/α-hetero) is 1.